The molecule has 0 radical (unpaired) electrons. The molecule has 0 amide bonds. The van der Waals surface area contributed by atoms with Crippen LogP contribution >= 0.6 is 22.9 Å². The van der Waals surface area contributed by atoms with Gasteiger partial charge in [0.15, 0.2) is 5.78 Å². The Bertz CT molecular complexity index is 509. The van der Waals surface area contributed by atoms with Crippen molar-refractivity contribution >= 4 is 28.7 Å². The van der Waals surface area contributed by atoms with E-state index in [2.05, 4.69) is 0 Å². The molecule has 0 saturated carbocycles. The zero-order chi connectivity index (χ0) is 12.3. The number of thiophene rings is 1. The van der Waals surface area contributed by atoms with Crippen LogP contribution in [0.4, 0.5) is 0 Å². The van der Waals surface area contributed by atoms with Gasteiger partial charge in [0.05, 0.1) is 15.9 Å². The maximum atomic E-state index is 12.0. The molecule has 0 saturated heterocycles. The van der Waals surface area contributed by atoms with Crippen molar-refractivity contribution in [3.05, 3.63) is 57.2 Å². The first-order valence-electron chi connectivity index (χ1n) is 5.25. The number of carbonyl (C=O) groups excluding carboxylic acids is 1. The molecule has 1 atom stereocenters. The van der Waals surface area contributed by atoms with Crippen LogP contribution in [0.25, 0.3) is 0 Å². The second kappa shape index (κ2) is 5.45. The predicted octanol–water partition coefficient (Wildman–Crippen LogP) is 3.15. The SMILES string of the molecule is NC(Cc1ccccc1)C(=O)c1sccc1Cl. The zero-order valence-electron chi connectivity index (χ0n) is 9.10. The van der Waals surface area contributed by atoms with Gasteiger partial charge in [0.25, 0.3) is 0 Å². The highest BCUT2D eigenvalue weighted by molar-refractivity contribution is 7.12. The first kappa shape index (κ1) is 12.3. The molecule has 17 heavy (non-hydrogen) atoms. The lowest BCUT2D eigenvalue weighted by Crippen LogP contribution is -2.32. The van der Waals surface area contributed by atoms with E-state index in [1.54, 1.807) is 11.4 Å². The van der Waals surface area contributed by atoms with Crippen LogP contribution in [-0.2, 0) is 6.42 Å². The number of hydrogen-bond acceptors (Lipinski definition) is 3. The average molecular weight is 266 g/mol. The van der Waals surface area contributed by atoms with E-state index in [9.17, 15) is 4.79 Å². The highest BCUT2D eigenvalue weighted by Gasteiger charge is 2.19. The molecule has 1 aromatic heterocycles. The van der Waals surface area contributed by atoms with Crippen LogP contribution in [0.1, 0.15) is 15.2 Å². The van der Waals surface area contributed by atoms with E-state index in [-0.39, 0.29) is 5.78 Å². The molecule has 0 bridgehead atoms. The average Bonchev–Trinajstić information content (AvgIpc) is 2.76. The van der Waals surface area contributed by atoms with E-state index in [0.717, 1.165) is 5.56 Å². The summed E-state index contributed by atoms with van der Waals surface area (Å²) in [7, 11) is 0. The zero-order valence-corrected chi connectivity index (χ0v) is 10.7. The van der Waals surface area contributed by atoms with Gasteiger partial charge in [0, 0.05) is 0 Å². The molecule has 2 N–H and O–H groups in total. The third-order valence-corrected chi connectivity index (χ3v) is 3.83. The minimum atomic E-state index is -0.534. The van der Waals surface area contributed by atoms with Gasteiger partial charge in [0.2, 0.25) is 0 Å². The van der Waals surface area contributed by atoms with Gasteiger partial charge in [0.1, 0.15) is 0 Å². The second-order valence-corrected chi connectivity index (χ2v) is 5.08. The van der Waals surface area contributed by atoms with Gasteiger partial charge in [-0.3, -0.25) is 4.79 Å². The Hall–Kier alpha value is -1.16. The molecule has 1 unspecified atom stereocenters. The van der Waals surface area contributed by atoms with Gasteiger partial charge >= 0.3 is 0 Å². The molecular weight excluding hydrogens is 254 g/mol. The van der Waals surface area contributed by atoms with Crippen molar-refractivity contribution in [1.82, 2.24) is 0 Å². The molecule has 2 aromatic rings. The highest BCUT2D eigenvalue weighted by Crippen LogP contribution is 2.23. The van der Waals surface area contributed by atoms with Gasteiger partial charge in [-0.25, -0.2) is 0 Å². The van der Waals surface area contributed by atoms with Crippen molar-refractivity contribution in [3.63, 3.8) is 0 Å². The molecule has 0 aliphatic carbocycles. The smallest absolute Gasteiger partial charge is 0.191 e. The van der Waals surface area contributed by atoms with Crippen LogP contribution in [-0.4, -0.2) is 11.8 Å². The summed E-state index contributed by atoms with van der Waals surface area (Å²) in [5, 5.41) is 2.29. The van der Waals surface area contributed by atoms with Crippen LogP contribution in [0.15, 0.2) is 41.8 Å². The quantitative estimate of drug-likeness (QED) is 0.863. The fourth-order valence-corrected chi connectivity index (χ4v) is 2.75. The summed E-state index contributed by atoms with van der Waals surface area (Å²) in [6.07, 6.45) is 0.536. The summed E-state index contributed by atoms with van der Waals surface area (Å²) >= 11 is 7.25. The maximum Gasteiger partial charge on any atom is 0.191 e. The van der Waals surface area contributed by atoms with Gasteiger partial charge < -0.3 is 5.73 Å². The van der Waals surface area contributed by atoms with E-state index in [1.807, 2.05) is 30.3 Å². The molecule has 1 heterocycles. The van der Waals surface area contributed by atoms with Gasteiger partial charge in [-0.2, -0.15) is 0 Å². The molecule has 0 spiro atoms. The molecule has 4 heteroatoms. The summed E-state index contributed by atoms with van der Waals surface area (Å²) in [4.78, 5) is 12.6. The largest absolute Gasteiger partial charge is 0.321 e. The number of ketones is 1. The van der Waals surface area contributed by atoms with Gasteiger partial charge in [-0.05, 0) is 23.4 Å². The number of rotatable bonds is 4. The van der Waals surface area contributed by atoms with Crippen LogP contribution in [0, 0.1) is 0 Å². The number of Topliss-reactive ketones (excluding diaryl/α,β-unsaturated/α-hetero) is 1. The molecule has 0 aliphatic rings. The van der Waals surface area contributed by atoms with Crippen molar-refractivity contribution in [2.45, 2.75) is 12.5 Å². The Morgan fingerprint density at radius 3 is 2.59 bits per heavy atom. The van der Waals surface area contributed by atoms with Crippen LogP contribution in [0.2, 0.25) is 5.02 Å². The number of hydrogen-bond donors (Lipinski definition) is 1. The van der Waals surface area contributed by atoms with Crippen molar-refractivity contribution in [2.75, 3.05) is 0 Å². The first-order chi connectivity index (χ1) is 8.18. The van der Waals surface area contributed by atoms with Crippen molar-refractivity contribution < 1.29 is 4.79 Å². The van der Waals surface area contributed by atoms with E-state index in [1.165, 1.54) is 11.3 Å². The van der Waals surface area contributed by atoms with Crippen molar-refractivity contribution in [2.24, 2.45) is 5.73 Å². The summed E-state index contributed by atoms with van der Waals surface area (Å²) in [6.45, 7) is 0. The van der Waals surface area contributed by atoms with Crippen LogP contribution < -0.4 is 5.73 Å². The Kier molecular flexibility index (Phi) is 3.94. The van der Waals surface area contributed by atoms with E-state index in [0.29, 0.717) is 16.3 Å². The Morgan fingerprint density at radius 1 is 1.29 bits per heavy atom. The third-order valence-electron chi connectivity index (χ3n) is 2.48. The van der Waals surface area contributed by atoms with Gasteiger partial charge in [-0.1, -0.05) is 41.9 Å². The number of benzene rings is 1. The third kappa shape index (κ3) is 2.94. The number of nitrogens with two attached hydrogens (primary N) is 1. The highest BCUT2D eigenvalue weighted by atomic mass is 35.5. The lowest BCUT2D eigenvalue weighted by Gasteiger charge is -2.09. The normalized spacial score (nSPS) is 12.4. The monoisotopic (exact) mass is 265 g/mol. The van der Waals surface area contributed by atoms with Crippen LogP contribution in [0.3, 0.4) is 0 Å². The van der Waals surface area contributed by atoms with Crippen molar-refractivity contribution in [3.8, 4) is 0 Å². The summed E-state index contributed by atoms with van der Waals surface area (Å²) in [6, 6.07) is 10.9. The Labute approximate surface area is 109 Å². The second-order valence-electron chi connectivity index (χ2n) is 3.76. The predicted molar refractivity (Wildman–Crippen MR) is 71.8 cm³/mol. The van der Waals surface area contributed by atoms with Crippen LogP contribution in [0.5, 0.6) is 0 Å². The fraction of sp³-hybridized carbons (Fsp3) is 0.154. The van der Waals surface area contributed by atoms with Crippen molar-refractivity contribution in [1.29, 1.82) is 0 Å². The minimum Gasteiger partial charge on any atom is -0.321 e. The standard InChI is InChI=1S/C13H12ClNOS/c14-10-6-7-17-13(10)12(16)11(15)8-9-4-2-1-3-5-9/h1-7,11H,8,15H2. The number of carbonyl (C=O) groups is 1. The lowest BCUT2D eigenvalue weighted by molar-refractivity contribution is 0.0965. The molecule has 0 fully saturated rings. The minimum absolute atomic E-state index is 0.0890. The van der Waals surface area contributed by atoms with E-state index in [4.69, 9.17) is 17.3 Å². The summed E-state index contributed by atoms with van der Waals surface area (Å²) < 4.78 is 0. The molecule has 2 nitrogen and oxygen atoms in total. The summed E-state index contributed by atoms with van der Waals surface area (Å²) in [5.74, 6) is -0.0890. The maximum absolute atomic E-state index is 12.0. The van der Waals surface area contributed by atoms with E-state index < -0.39 is 6.04 Å². The number of halogens is 1. The molecule has 0 aliphatic heterocycles. The molecular formula is C13H12ClNOS. The molecule has 1 aromatic carbocycles. The lowest BCUT2D eigenvalue weighted by atomic mass is 10.0. The molecule has 2 rings (SSSR count). The molecule has 88 valence electrons. The summed E-state index contributed by atoms with van der Waals surface area (Å²) in [5.41, 5.74) is 6.96. The Balaban J connectivity index is 2.09. The van der Waals surface area contributed by atoms with Gasteiger partial charge in [-0.15, -0.1) is 11.3 Å². The fourth-order valence-electron chi connectivity index (χ4n) is 1.60. The first-order valence-corrected chi connectivity index (χ1v) is 6.51. The topological polar surface area (TPSA) is 43.1 Å². The van der Waals surface area contributed by atoms with E-state index >= 15 is 0 Å². The Morgan fingerprint density at radius 2 is 2.00 bits per heavy atom.